The number of anilines is 1. The Hall–Kier alpha value is -2.02. The van der Waals surface area contributed by atoms with E-state index >= 15 is 0 Å². The molecular formula is C12H15N3O3S. The smallest absolute Gasteiger partial charge is 0.278 e. The van der Waals surface area contributed by atoms with Crippen molar-refractivity contribution < 1.29 is 13.2 Å². The van der Waals surface area contributed by atoms with E-state index in [1.165, 1.54) is 13.3 Å². The second kappa shape index (κ2) is 5.31. The Morgan fingerprint density at radius 1 is 1.42 bits per heavy atom. The van der Waals surface area contributed by atoms with Crippen LogP contribution in [0.1, 0.15) is 12.7 Å². The molecule has 0 fully saturated rings. The van der Waals surface area contributed by atoms with E-state index in [1.54, 1.807) is 24.3 Å². The largest absolute Gasteiger partial charge is 0.497 e. The van der Waals surface area contributed by atoms with E-state index in [-0.39, 0.29) is 5.03 Å². The molecule has 6 nitrogen and oxygen atoms in total. The number of nitrogens with one attached hydrogen (secondary N) is 2. The van der Waals surface area contributed by atoms with Crippen molar-refractivity contribution in [2.24, 2.45) is 0 Å². The van der Waals surface area contributed by atoms with Gasteiger partial charge in [-0.25, -0.2) is 4.98 Å². The number of aromatic nitrogens is 2. The second-order valence-electron chi connectivity index (χ2n) is 3.89. The highest BCUT2D eigenvalue weighted by Crippen LogP contribution is 2.19. The fourth-order valence-corrected chi connectivity index (χ4v) is 2.55. The molecule has 0 saturated carbocycles. The van der Waals surface area contributed by atoms with Gasteiger partial charge in [0, 0.05) is 12.5 Å². The Labute approximate surface area is 111 Å². The Bertz CT molecular complexity index is 664. The maximum absolute atomic E-state index is 12.1. The van der Waals surface area contributed by atoms with Crippen LogP contribution in [0.2, 0.25) is 0 Å². The fourth-order valence-electron chi connectivity index (χ4n) is 1.56. The van der Waals surface area contributed by atoms with Crippen molar-refractivity contribution in [3.8, 4) is 5.75 Å². The van der Waals surface area contributed by atoms with Crippen molar-refractivity contribution >= 4 is 15.7 Å². The van der Waals surface area contributed by atoms with Crippen LogP contribution in [0.5, 0.6) is 5.75 Å². The third kappa shape index (κ3) is 3.05. The van der Waals surface area contributed by atoms with E-state index in [9.17, 15) is 8.42 Å². The maximum Gasteiger partial charge on any atom is 0.278 e. The van der Waals surface area contributed by atoms with Crippen molar-refractivity contribution in [1.29, 1.82) is 0 Å². The van der Waals surface area contributed by atoms with Gasteiger partial charge in [-0.3, -0.25) is 4.72 Å². The topological polar surface area (TPSA) is 84.1 Å². The minimum absolute atomic E-state index is 0.0483. The quantitative estimate of drug-likeness (QED) is 0.875. The molecule has 0 aliphatic rings. The van der Waals surface area contributed by atoms with Crippen LogP contribution in [0.4, 0.5) is 5.69 Å². The summed E-state index contributed by atoms with van der Waals surface area (Å²) in [5.41, 5.74) is 0.437. The van der Waals surface area contributed by atoms with Gasteiger partial charge in [-0.15, -0.1) is 0 Å². The van der Waals surface area contributed by atoms with Gasteiger partial charge >= 0.3 is 0 Å². The summed E-state index contributed by atoms with van der Waals surface area (Å²) in [7, 11) is -2.13. The van der Waals surface area contributed by atoms with Crippen LogP contribution in [-0.2, 0) is 16.4 Å². The van der Waals surface area contributed by atoms with Gasteiger partial charge in [0.05, 0.1) is 19.0 Å². The first-order valence-electron chi connectivity index (χ1n) is 5.76. The molecule has 102 valence electrons. The average molecular weight is 281 g/mol. The number of H-pyrrole nitrogens is 1. The Balaban J connectivity index is 2.25. The van der Waals surface area contributed by atoms with Crippen LogP contribution < -0.4 is 9.46 Å². The van der Waals surface area contributed by atoms with E-state index in [2.05, 4.69) is 14.7 Å². The molecule has 7 heteroatoms. The number of aromatic amines is 1. The van der Waals surface area contributed by atoms with Gasteiger partial charge in [-0.05, 0) is 12.1 Å². The van der Waals surface area contributed by atoms with Crippen molar-refractivity contribution in [3.05, 3.63) is 36.3 Å². The first-order chi connectivity index (χ1) is 9.05. The number of aryl methyl sites for hydroxylation is 1. The number of sulfonamides is 1. The highest BCUT2D eigenvalue weighted by Gasteiger charge is 2.17. The molecule has 1 aromatic carbocycles. The Kier molecular flexibility index (Phi) is 3.75. The van der Waals surface area contributed by atoms with E-state index in [4.69, 9.17) is 4.74 Å². The molecule has 0 radical (unpaired) electrons. The monoisotopic (exact) mass is 281 g/mol. The molecule has 0 saturated heterocycles. The minimum atomic E-state index is -3.65. The van der Waals surface area contributed by atoms with Crippen LogP contribution in [0.15, 0.2) is 35.5 Å². The molecule has 0 atom stereocenters. The zero-order valence-corrected chi connectivity index (χ0v) is 11.5. The predicted octanol–water partition coefficient (Wildman–Crippen LogP) is 1.78. The Morgan fingerprint density at radius 3 is 2.84 bits per heavy atom. The lowest BCUT2D eigenvalue weighted by Crippen LogP contribution is -2.13. The van der Waals surface area contributed by atoms with Crippen molar-refractivity contribution in [2.75, 3.05) is 11.8 Å². The predicted molar refractivity (Wildman–Crippen MR) is 71.8 cm³/mol. The third-order valence-electron chi connectivity index (χ3n) is 2.55. The number of ether oxygens (including phenoxy) is 1. The lowest BCUT2D eigenvalue weighted by Gasteiger charge is -2.07. The van der Waals surface area contributed by atoms with E-state index < -0.39 is 10.0 Å². The lowest BCUT2D eigenvalue weighted by atomic mass is 10.3. The number of hydrogen-bond donors (Lipinski definition) is 2. The molecule has 2 rings (SSSR count). The Morgan fingerprint density at radius 2 is 2.21 bits per heavy atom. The van der Waals surface area contributed by atoms with Gasteiger partial charge < -0.3 is 9.72 Å². The van der Waals surface area contributed by atoms with Crippen molar-refractivity contribution in [2.45, 2.75) is 18.4 Å². The van der Waals surface area contributed by atoms with Gasteiger partial charge in [0.1, 0.15) is 11.6 Å². The van der Waals surface area contributed by atoms with Crippen molar-refractivity contribution in [3.63, 3.8) is 0 Å². The number of methoxy groups -OCH3 is 1. The molecule has 0 aliphatic heterocycles. The van der Waals surface area contributed by atoms with Crippen LogP contribution >= 0.6 is 0 Å². The first-order valence-corrected chi connectivity index (χ1v) is 7.24. The van der Waals surface area contributed by atoms with E-state index in [0.717, 1.165) is 0 Å². The van der Waals surface area contributed by atoms with Crippen LogP contribution in [0.3, 0.4) is 0 Å². The number of hydrogen-bond acceptors (Lipinski definition) is 4. The molecule has 0 bridgehead atoms. The molecule has 19 heavy (non-hydrogen) atoms. The fraction of sp³-hybridized carbons (Fsp3) is 0.250. The van der Waals surface area contributed by atoms with Gasteiger partial charge in [-0.1, -0.05) is 13.0 Å². The summed E-state index contributed by atoms with van der Waals surface area (Å²) in [4.78, 5) is 6.74. The SMILES string of the molecule is CCc1ncc(S(=O)(=O)Nc2cccc(OC)c2)[nH]1. The van der Waals surface area contributed by atoms with E-state index in [1.807, 2.05) is 6.92 Å². The van der Waals surface area contributed by atoms with Gasteiger partial charge in [0.15, 0.2) is 5.03 Å². The summed E-state index contributed by atoms with van der Waals surface area (Å²) in [6, 6.07) is 6.70. The van der Waals surface area contributed by atoms with Gasteiger partial charge in [0.25, 0.3) is 10.0 Å². The zero-order valence-electron chi connectivity index (χ0n) is 10.7. The normalized spacial score (nSPS) is 11.3. The highest BCUT2D eigenvalue weighted by molar-refractivity contribution is 7.92. The highest BCUT2D eigenvalue weighted by atomic mass is 32.2. The lowest BCUT2D eigenvalue weighted by molar-refractivity contribution is 0.415. The molecular weight excluding hydrogens is 266 g/mol. The summed E-state index contributed by atoms with van der Waals surface area (Å²) in [5.74, 6) is 1.21. The third-order valence-corrected chi connectivity index (χ3v) is 3.84. The number of imidazole rings is 1. The van der Waals surface area contributed by atoms with Crippen LogP contribution in [0.25, 0.3) is 0 Å². The second-order valence-corrected chi connectivity index (χ2v) is 5.54. The summed E-state index contributed by atoms with van der Waals surface area (Å²) in [5, 5.41) is 0.0483. The average Bonchev–Trinajstić information content (AvgIpc) is 2.88. The molecule has 0 aliphatic carbocycles. The maximum atomic E-state index is 12.1. The van der Waals surface area contributed by atoms with Gasteiger partial charge in [-0.2, -0.15) is 8.42 Å². The van der Waals surface area contributed by atoms with Crippen LogP contribution in [-0.4, -0.2) is 25.5 Å². The molecule has 0 unspecified atom stereocenters. The standard InChI is InChI=1S/C12H15N3O3S/c1-3-11-13-8-12(14-11)19(16,17)15-9-5-4-6-10(7-9)18-2/h4-8,15H,3H2,1-2H3,(H,13,14). The minimum Gasteiger partial charge on any atom is -0.497 e. The van der Waals surface area contributed by atoms with Gasteiger partial charge in [0.2, 0.25) is 0 Å². The molecule has 0 spiro atoms. The summed E-state index contributed by atoms with van der Waals surface area (Å²) >= 11 is 0. The zero-order chi connectivity index (χ0) is 13.9. The summed E-state index contributed by atoms with van der Waals surface area (Å²) in [6.07, 6.45) is 1.95. The molecule has 2 aromatic rings. The van der Waals surface area contributed by atoms with E-state index in [0.29, 0.717) is 23.7 Å². The number of rotatable bonds is 5. The summed E-state index contributed by atoms with van der Waals surface area (Å²) in [6.45, 7) is 1.89. The molecule has 0 amide bonds. The first kappa shape index (κ1) is 13.4. The van der Waals surface area contributed by atoms with Crippen molar-refractivity contribution in [1.82, 2.24) is 9.97 Å². The molecule has 1 heterocycles. The molecule has 2 N–H and O–H groups in total. The molecule has 1 aromatic heterocycles. The summed E-state index contributed by atoms with van der Waals surface area (Å²) < 4.78 is 31.7. The number of nitrogens with zero attached hydrogens (tertiary/aromatic N) is 1. The van der Waals surface area contributed by atoms with Crippen LogP contribution in [0, 0.1) is 0 Å². The number of benzene rings is 1.